The van der Waals surface area contributed by atoms with Gasteiger partial charge in [0.2, 0.25) is 0 Å². The molecule has 0 saturated carbocycles. The van der Waals surface area contributed by atoms with Crippen molar-refractivity contribution in [1.82, 2.24) is 0 Å². The van der Waals surface area contributed by atoms with E-state index in [0.717, 1.165) is 13.0 Å². The van der Waals surface area contributed by atoms with Gasteiger partial charge in [0.25, 0.3) is 0 Å². The van der Waals surface area contributed by atoms with Crippen LogP contribution in [-0.2, 0) is 9.47 Å². The van der Waals surface area contributed by atoms with Crippen molar-refractivity contribution in [1.29, 1.82) is 0 Å². The van der Waals surface area contributed by atoms with Crippen LogP contribution in [0, 0.1) is 5.21 Å². The van der Waals surface area contributed by atoms with Crippen molar-refractivity contribution in [2.45, 2.75) is 135 Å². The molecular weight excluding hydrogens is 398 g/mol. The van der Waals surface area contributed by atoms with Gasteiger partial charge in [-0.3, -0.25) is 0 Å². The third kappa shape index (κ3) is 29.8. The Bertz CT molecular complexity index is 344. The normalized spacial score (nSPS) is 12.0. The summed E-state index contributed by atoms with van der Waals surface area (Å²) >= 11 is 0. The maximum atomic E-state index is 11.4. The van der Waals surface area contributed by atoms with Gasteiger partial charge in [0, 0.05) is 6.61 Å². The van der Waals surface area contributed by atoms with E-state index in [0.29, 0.717) is 26.4 Å². The fraction of sp³-hybridized carbons (Fsp3) is 1.00. The van der Waals surface area contributed by atoms with Crippen molar-refractivity contribution in [2.24, 2.45) is 0 Å². The van der Waals surface area contributed by atoms with E-state index in [-0.39, 0.29) is 4.65 Å². The average molecular weight is 458 g/mol. The number of hydrogen-bond acceptors (Lipinski definition) is 3. The Morgan fingerprint density at radius 2 is 0.750 bits per heavy atom. The number of rotatable bonds is 27. The highest BCUT2D eigenvalue weighted by Gasteiger charge is 2.00. The molecule has 4 nitrogen and oxygen atoms in total. The summed E-state index contributed by atoms with van der Waals surface area (Å²) in [6.07, 6.45) is 28.3. The molecule has 0 N–H and O–H groups in total. The van der Waals surface area contributed by atoms with E-state index in [1.807, 2.05) is 0 Å². The van der Waals surface area contributed by atoms with Crippen molar-refractivity contribution >= 4 is 0 Å². The van der Waals surface area contributed by atoms with Crippen LogP contribution in [-0.4, -0.2) is 51.7 Å². The summed E-state index contributed by atoms with van der Waals surface area (Å²) in [5, 5.41) is 11.4. The number of hydroxylamine groups is 3. The van der Waals surface area contributed by atoms with E-state index < -0.39 is 0 Å². The molecule has 0 rings (SSSR count). The first-order chi connectivity index (χ1) is 15.6. The van der Waals surface area contributed by atoms with Gasteiger partial charge in [-0.15, -0.1) is 0 Å². The van der Waals surface area contributed by atoms with Crippen LogP contribution in [0.15, 0.2) is 0 Å². The van der Waals surface area contributed by atoms with Gasteiger partial charge in [-0.25, -0.2) is 0 Å². The summed E-state index contributed by atoms with van der Waals surface area (Å²) in [7, 11) is 3.28. The molecule has 0 heterocycles. The largest absolute Gasteiger partial charge is 0.633 e. The molecule has 0 unspecified atom stereocenters. The zero-order chi connectivity index (χ0) is 23.6. The second kappa shape index (κ2) is 25.5. The van der Waals surface area contributed by atoms with Crippen molar-refractivity contribution < 1.29 is 14.1 Å². The van der Waals surface area contributed by atoms with Crippen LogP contribution in [0.1, 0.15) is 135 Å². The van der Waals surface area contributed by atoms with Crippen LogP contribution in [0.3, 0.4) is 0 Å². The Kier molecular flexibility index (Phi) is 25.3. The summed E-state index contributed by atoms with van der Waals surface area (Å²) in [5.74, 6) is 0. The molecule has 0 aromatic carbocycles. The molecule has 0 aromatic heterocycles. The van der Waals surface area contributed by atoms with E-state index >= 15 is 0 Å². The topological polar surface area (TPSA) is 41.5 Å². The van der Waals surface area contributed by atoms with Gasteiger partial charge in [0.15, 0.2) is 0 Å². The van der Waals surface area contributed by atoms with E-state index in [2.05, 4.69) is 6.92 Å². The number of hydrogen-bond donors (Lipinski definition) is 0. The molecule has 32 heavy (non-hydrogen) atoms. The predicted molar refractivity (Wildman–Crippen MR) is 140 cm³/mol. The molecule has 0 saturated heterocycles. The third-order valence-electron chi connectivity index (χ3n) is 6.29. The summed E-state index contributed by atoms with van der Waals surface area (Å²) in [6.45, 7) is 5.39. The van der Waals surface area contributed by atoms with Gasteiger partial charge in [-0.05, 0) is 6.42 Å². The van der Waals surface area contributed by atoms with Crippen LogP contribution in [0.2, 0.25) is 0 Å². The Balaban J connectivity index is 3.02. The molecule has 0 aliphatic carbocycles. The minimum atomic E-state index is -0.291. The van der Waals surface area contributed by atoms with E-state index in [9.17, 15) is 5.21 Å². The summed E-state index contributed by atoms with van der Waals surface area (Å²) < 4.78 is 10.7. The molecule has 4 heteroatoms. The Hall–Kier alpha value is -0.160. The Labute approximate surface area is 202 Å². The fourth-order valence-corrected chi connectivity index (χ4v) is 4.07. The van der Waals surface area contributed by atoms with Gasteiger partial charge in [0.1, 0.15) is 6.54 Å². The molecule has 0 radical (unpaired) electrons. The van der Waals surface area contributed by atoms with Gasteiger partial charge < -0.3 is 19.3 Å². The minimum absolute atomic E-state index is 0.291. The minimum Gasteiger partial charge on any atom is -0.633 e. The number of likely N-dealkylation sites (N-methyl/N-ethyl adjacent to an activating group) is 1. The highest BCUT2D eigenvalue weighted by molar-refractivity contribution is 4.51. The predicted octanol–water partition coefficient (Wildman–Crippen LogP) is 8.42. The van der Waals surface area contributed by atoms with Crippen molar-refractivity contribution in [3.8, 4) is 0 Å². The second-order valence-electron chi connectivity index (χ2n) is 10.2. The smallest absolute Gasteiger partial charge is 0.102 e. The Morgan fingerprint density at radius 3 is 1.09 bits per heavy atom. The highest BCUT2D eigenvalue weighted by Crippen LogP contribution is 2.14. The SMILES string of the molecule is CCCCCCCCCCCCCCCCCCCCCCOCCOCC[N+](C)(C)[O-]. The molecule has 0 fully saturated rings. The summed E-state index contributed by atoms with van der Waals surface area (Å²) in [6, 6.07) is 0. The zero-order valence-electron chi connectivity index (χ0n) is 22.3. The van der Waals surface area contributed by atoms with Crippen LogP contribution in [0.25, 0.3) is 0 Å². The fourth-order valence-electron chi connectivity index (χ4n) is 4.07. The van der Waals surface area contributed by atoms with Crippen LogP contribution < -0.4 is 0 Å². The van der Waals surface area contributed by atoms with Gasteiger partial charge in [-0.2, -0.15) is 0 Å². The average Bonchev–Trinajstić information content (AvgIpc) is 2.75. The number of unbranched alkanes of at least 4 members (excludes halogenated alkanes) is 19. The highest BCUT2D eigenvalue weighted by atomic mass is 16.6. The number of quaternary nitrogens is 1. The summed E-state index contributed by atoms with van der Waals surface area (Å²) in [4.78, 5) is 0. The molecule has 0 atom stereocenters. The first kappa shape index (κ1) is 31.8. The second-order valence-corrected chi connectivity index (χ2v) is 10.2. The number of nitrogens with zero attached hydrogens (tertiary/aromatic N) is 1. The lowest BCUT2D eigenvalue weighted by Crippen LogP contribution is -2.35. The monoisotopic (exact) mass is 457 g/mol. The first-order valence-electron chi connectivity index (χ1n) is 14.3. The van der Waals surface area contributed by atoms with Gasteiger partial charge in [-0.1, -0.05) is 129 Å². The maximum Gasteiger partial charge on any atom is 0.102 e. The number of ether oxygens (including phenoxy) is 2. The standard InChI is InChI=1S/C28H59NO3/c1-4-5-6-7-8-9-10-11-12-13-14-15-16-17-18-19-20-21-22-23-25-31-27-28-32-26-24-29(2,3)30/h4-28H2,1-3H3. The lowest BCUT2D eigenvalue weighted by molar-refractivity contribution is -0.840. The molecule has 0 bridgehead atoms. The van der Waals surface area contributed by atoms with Crippen molar-refractivity contribution in [2.75, 3.05) is 47.1 Å². The van der Waals surface area contributed by atoms with Crippen molar-refractivity contribution in [3.05, 3.63) is 5.21 Å². The lowest BCUT2D eigenvalue weighted by atomic mass is 10.0. The quantitative estimate of drug-likeness (QED) is 0.0706. The first-order valence-corrected chi connectivity index (χ1v) is 14.3. The zero-order valence-corrected chi connectivity index (χ0v) is 22.3. The molecule has 0 spiro atoms. The van der Waals surface area contributed by atoms with Gasteiger partial charge >= 0.3 is 0 Å². The van der Waals surface area contributed by atoms with Crippen LogP contribution in [0.5, 0.6) is 0 Å². The van der Waals surface area contributed by atoms with Crippen LogP contribution in [0.4, 0.5) is 0 Å². The van der Waals surface area contributed by atoms with Crippen LogP contribution >= 0.6 is 0 Å². The molecular formula is C28H59NO3. The van der Waals surface area contributed by atoms with E-state index in [1.54, 1.807) is 14.1 Å². The maximum absolute atomic E-state index is 11.4. The lowest BCUT2D eigenvalue weighted by Gasteiger charge is -2.33. The van der Waals surface area contributed by atoms with Gasteiger partial charge in [0.05, 0.1) is 33.9 Å². The van der Waals surface area contributed by atoms with E-state index in [4.69, 9.17) is 9.47 Å². The van der Waals surface area contributed by atoms with E-state index in [1.165, 1.54) is 122 Å². The molecule has 0 aromatic rings. The summed E-state index contributed by atoms with van der Waals surface area (Å²) in [5.41, 5.74) is 0. The third-order valence-corrected chi connectivity index (χ3v) is 6.29. The molecule has 194 valence electrons. The molecule has 0 amide bonds. The Morgan fingerprint density at radius 1 is 0.438 bits per heavy atom. The molecule has 0 aliphatic rings. The molecule has 0 aliphatic heterocycles. The van der Waals surface area contributed by atoms with Crippen molar-refractivity contribution in [3.63, 3.8) is 0 Å².